The van der Waals surface area contributed by atoms with Gasteiger partial charge in [0, 0.05) is 36.1 Å². The van der Waals surface area contributed by atoms with E-state index in [0.29, 0.717) is 11.3 Å². The van der Waals surface area contributed by atoms with Crippen LogP contribution in [-0.4, -0.2) is 58.0 Å². The predicted molar refractivity (Wildman–Crippen MR) is 42.9 cm³/mol. The molecule has 2 nitrogen and oxygen atoms in total. The van der Waals surface area contributed by atoms with E-state index in [1.165, 1.54) is 12.2 Å². The molecule has 1 atom stereocenters. The number of β-lactam (4-membered cyclic amide) rings is 1. The largest absolute Gasteiger partial charge is 0.330 e. The minimum absolute atomic E-state index is 0. The van der Waals surface area contributed by atoms with Gasteiger partial charge in [0.25, 0.3) is 0 Å². The minimum atomic E-state index is 0. The monoisotopic (exact) mass is 166 g/mol. The van der Waals surface area contributed by atoms with E-state index in [4.69, 9.17) is 0 Å². The number of hydrogen-bond acceptors (Lipinski definition) is 2. The summed E-state index contributed by atoms with van der Waals surface area (Å²) in [6.45, 7) is 1.01. The van der Waals surface area contributed by atoms with Crippen LogP contribution in [-0.2, 0) is 4.79 Å². The van der Waals surface area contributed by atoms with E-state index < -0.39 is 0 Å². The average Bonchev–Trinajstić information content (AvgIpc) is 1.86. The van der Waals surface area contributed by atoms with Crippen LogP contribution in [0.2, 0.25) is 0 Å². The molecular formula is C6H9NNaOS. The van der Waals surface area contributed by atoms with Gasteiger partial charge >= 0.3 is 0 Å². The second-order valence-electron chi connectivity index (χ2n) is 2.47. The number of nitrogens with zero attached hydrogens (tertiary/aromatic N) is 1. The normalized spacial score (nSPS) is 30.2. The Balaban J connectivity index is 0.000000500. The average molecular weight is 166 g/mol. The van der Waals surface area contributed by atoms with Gasteiger partial charge < -0.3 is 4.90 Å². The van der Waals surface area contributed by atoms with Crippen molar-refractivity contribution in [1.82, 2.24) is 4.90 Å². The molecule has 2 saturated heterocycles. The van der Waals surface area contributed by atoms with Gasteiger partial charge in [0.05, 0.1) is 11.8 Å². The summed E-state index contributed by atoms with van der Waals surface area (Å²) in [5, 5.41) is 0.561. The van der Waals surface area contributed by atoms with E-state index in [1.807, 2.05) is 16.7 Å². The number of carbonyl (C=O) groups is 1. The second kappa shape index (κ2) is 3.48. The zero-order valence-corrected chi connectivity index (χ0v) is 8.99. The van der Waals surface area contributed by atoms with Crippen LogP contribution in [0.25, 0.3) is 0 Å². The van der Waals surface area contributed by atoms with Gasteiger partial charge in [-0.05, 0) is 12.2 Å². The van der Waals surface area contributed by atoms with Crippen LogP contribution < -0.4 is 0 Å². The molecular weight excluding hydrogens is 157 g/mol. The first kappa shape index (κ1) is 8.91. The van der Waals surface area contributed by atoms with Crippen LogP contribution in [0.4, 0.5) is 0 Å². The van der Waals surface area contributed by atoms with Gasteiger partial charge in [0.2, 0.25) is 5.91 Å². The van der Waals surface area contributed by atoms with Crippen molar-refractivity contribution in [3.63, 3.8) is 0 Å². The Morgan fingerprint density at radius 2 is 2.40 bits per heavy atom. The summed E-state index contributed by atoms with van der Waals surface area (Å²) < 4.78 is 0. The molecule has 0 saturated carbocycles. The van der Waals surface area contributed by atoms with Crippen LogP contribution in [0.1, 0.15) is 12.8 Å². The molecule has 10 heavy (non-hydrogen) atoms. The summed E-state index contributed by atoms with van der Waals surface area (Å²) in [7, 11) is 0. The number of fused-ring (bicyclic) bond motifs is 1. The van der Waals surface area contributed by atoms with Crippen LogP contribution in [0.15, 0.2) is 0 Å². The maximum atomic E-state index is 10.8. The third-order valence-corrected chi connectivity index (χ3v) is 3.20. The SMILES string of the molecule is O=C1C[C@H]2SCCCN12.[Na]. The van der Waals surface area contributed by atoms with E-state index in [2.05, 4.69) is 0 Å². The van der Waals surface area contributed by atoms with Crippen LogP contribution in [0, 0.1) is 0 Å². The number of thioether (sulfide) groups is 1. The molecule has 0 aromatic heterocycles. The van der Waals surface area contributed by atoms with E-state index in [9.17, 15) is 4.79 Å². The van der Waals surface area contributed by atoms with Crippen molar-refractivity contribution >= 4 is 47.2 Å². The molecule has 0 aromatic rings. The number of carbonyl (C=O) groups excluding carboxylic acids is 1. The van der Waals surface area contributed by atoms with Gasteiger partial charge in [-0.25, -0.2) is 0 Å². The molecule has 0 unspecified atom stereocenters. The molecule has 0 aromatic carbocycles. The molecule has 1 amide bonds. The van der Waals surface area contributed by atoms with Gasteiger partial charge in [-0.15, -0.1) is 11.8 Å². The minimum Gasteiger partial charge on any atom is -0.330 e. The molecule has 0 N–H and O–H groups in total. The number of amides is 1. The number of rotatable bonds is 0. The van der Waals surface area contributed by atoms with Crippen LogP contribution in [0.3, 0.4) is 0 Å². The topological polar surface area (TPSA) is 20.3 Å². The summed E-state index contributed by atoms with van der Waals surface area (Å²) in [6, 6.07) is 0. The predicted octanol–water partition coefficient (Wildman–Crippen LogP) is 0.301. The molecule has 4 heteroatoms. The molecule has 0 spiro atoms. The van der Waals surface area contributed by atoms with Gasteiger partial charge in [0.15, 0.2) is 0 Å². The third kappa shape index (κ3) is 1.37. The zero-order chi connectivity index (χ0) is 6.27. The molecule has 51 valence electrons. The van der Waals surface area contributed by atoms with Crippen molar-refractivity contribution in [2.75, 3.05) is 12.3 Å². The van der Waals surface area contributed by atoms with Gasteiger partial charge in [0.1, 0.15) is 0 Å². The molecule has 2 aliphatic heterocycles. The summed E-state index contributed by atoms with van der Waals surface area (Å²) in [5.41, 5.74) is 0. The Kier molecular flexibility index (Phi) is 3.10. The smallest absolute Gasteiger partial charge is 0.226 e. The van der Waals surface area contributed by atoms with Crippen molar-refractivity contribution in [2.24, 2.45) is 0 Å². The summed E-state index contributed by atoms with van der Waals surface area (Å²) in [4.78, 5) is 12.8. The van der Waals surface area contributed by atoms with Gasteiger partial charge in [-0.1, -0.05) is 0 Å². The summed E-state index contributed by atoms with van der Waals surface area (Å²) in [6.07, 6.45) is 1.98. The Bertz CT molecular complexity index is 153. The van der Waals surface area contributed by atoms with E-state index in [0.717, 1.165) is 13.0 Å². The van der Waals surface area contributed by atoms with Crippen molar-refractivity contribution in [3.05, 3.63) is 0 Å². The molecule has 0 aliphatic carbocycles. The van der Waals surface area contributed by atoms with E-state index in [1.54, 1.807) is 0 Å². The quantitative estimate of drug-likeness (QED) is 0.381. The first-order chi connectivity index (χ1) is 4.38. The van der Waals surface area contributed by atoms with Crippen molar-refractivity contribution in [1.29, 1.82) is 0 Å². The Hall–Kier alpha value is 0.820. The number of hydrogen-bond donors (Lipinski definition) is 0. The van der Waals surface area contributed by atoms with E-state index >= 15 is 0 Å². The molecule has 2 rings (SSSR count). The molecule has 2 aliphatic rings. The van der Waals surface area contributed by atoms with Gasteiger partial charge in [-0.3, -0.25) is 4.79 Å². The summed E-state index contributed by atoms with van der Waals surface area (Å²) >= 11 is 1.92. The second-order valence-corrected chi connectivity index (χ2v) is 3.76. The molecule has 2 fully saturated rings. The fourth-order valence-corrected chi connectivity index (χ4v) is 2.53. The maximum absolute atomic E-state index is 10.8. The van der Waals surface area contributed by atoms with Crippen LogP contribution in [0.5, 0.6) is 0 Å². The van der Waals surface area contributed by atoms with Gasteiger partial charge in [-0.2, -0.15) is 0 Å². The fourth-order valence-electron chi connectivity index (χ4n) is 1.30. The van der Waals surface area contributed by atoms with Crippen LogP contribution >= 0.6 is 11.8 Å². The Labute approximate surface area is 87.0 Å². The van der Waals surface area contributed by atoms with E-state index in [-0.39, 0.29) is 29.6 Å². The van der Waals surface area contributed by atoms with Crippen molar-refractivity contribution in [2.45, 2.75) is 18.2 Å². The molecule has 1 radical (unpaired) electrons. The standard InChI is InChI=1S/C6H9NOS.Na/c8-5-4-6-7(5)2-1-3-9-6;/h6H,1-4H2;/t6-;/m1./s1. The fraction of sp³-hybridized carbons (Fsp3) is 0.833. The molecule has 2 heterocycles. The van der Waals surface area contributed by atoms with Crippen molar-refractivity contribution < 1.29 is 4.79 Å². The Morgan fingerprint density at radius 1 is 1.60 bits per heavy atom. The maximum Gasteiger partial charge on any atom is 0.226 e. The first-order valence-corrected chi connectivity index (χ1v) is 4.34. The summed E-state index contributed by atoms with van der Waals surface area (Å²) in [5.74, 6) is 1.60. The Morgan fingerprint density at radius 3 is 2.90 bits per heavy atom. The first-order valence-electron chi connectivity index (χ1n) is 3.29. The van der Waals surface area contributed by atoms with Crippen molar-refractivity contribution in [3.8, 4) is 0 Å². The zero-order valence-electron chi connectivity index (χ0n) is 6.17. The third-order valence-electron chi connectivity index (χ3n) is 1.87. The molecule has 0 bridgehead atoms.